The lowest BCUT2D eigenvalue weighted by Gasteiger charge is -2.36. The van der Waals surface area contributed by atoms with Crippen LogP contribution in [0.1, 0.15) is 29.6 Å². The van der Waals surface area contributed by atoms with Crippen molar-refractivity contribution in [2.24, 2.45) is 0 Å². The lowest BCUT2D eigenvalue weighted by atomic mass is 9.98. The fourth-order valence-corrected chi connectivity index (χ4v) is 5.33. The van der Waals surface area contributed by atoms with Gasteiger partial charge in [-0.3, -0.25) is 4.79 Å². The van der Waals surface area contributed by atoms with E-state index in [0.29, 0.717) is 41.4 Å². The Hall–Kier alpha value is -1.68. The summed E-state index contributed by atoms with van der Waals surface area (Å²) < 4.78 is 33.6. The molecule has 0 aliphatic carbocycles. The first-order valence-corrected chi connectivity index (χ1v) is 12.1. The molecule has 1 fully saturated rings. The number of hydrogen-bond donors (Lipinski definition) is 3. The van der Waals surface area contributed by atoms with Crippen LogP contribution in [0.4, 0.5) is 0 Å². The monoisotopic (exact) mass is 486 g/mol. The third kappa shape index (κ3) is 6.65. The second-order valence-electron chi connectivity index (χ2n) is 7.30. The highest BCUT2D eigenvalue weighted by Crippen LogP contribution is 2.24. The van der Waals surface area contributed by atoms with Crippen molar-refractivity contribution in [3.63, 3.8) is 0 Å². The van der Waals surface area contributed by atoms with E-state index in [1.807, 2.05) is 0 Å². The van der Waals surface area contributed by atoms with E-state index in [-0.39, 0.29) is 23.5 Å². The Kier molecular flexibility index (Phi) is 8.32. The number of amides is 1. The largest absolute Gasteiger partial charge is 0.394 e. The average molecular weight is 487 g/mol. The van der Waals surface area contributed by atoms with Gasteiger partial charge in [-0.25, -0.2) is 13.1 Å². The molecule has 1 saturated heterocycles. The van der Waals surface area contributed by atoms with Crippen molar-refractivity contribution in [3.8, 4) is 0 Å². The van der Waals surface area contributed by atoms with Gasteiger partial charge < -0.3 is 15.2 Å². The molecule has 1 heterocycles. The Morgan fingerprint density at radius 2 is 1.77 bits per heavy atom. The van der Waals surface area contributed by atoms with Gasteiger partial charge in [-0.05, 0) is 49.6 Å². The summed E-state index contributed by atoms with van der Waals surface area (Å²) in [6.07, 6.45) is 0.754. The van der Waals surface area contributed by atoms with Crippen molar-refractivity contribution in [2.45, 2.75) is 42.4 Å². The average Bonchev–Trinajstić information content (AvgIpc) is 2.74. The van der Waals surface area contributed by atoms with E-state index in [0.717, 1.165) is 0 Å². The van der Waals surface area contributed by atoms with Crippen molar-refractivity contribution in [1.29, 1.82) is 0 Å². The van der Waals surface area contributed by atoms with Gasteiger partial charge in [0.15, 0.2) is 0 Å². The molecule has 31 heavy (non-hydrogen) atoms. The fraction of sp³-hybridized carbons (Fsp3) is 0.381. The molecule has 0 bridgehead atoms. The lowest BCUT2D eigenvalue weighted by molar-refractivity contribution is -0.0871. The molecule has 3 rings (SSSR count). The number of halogens is 2. The first-order chi connectivity index (χ1) is 14.8. The van der Waals surface area contributed by atoms with E-state index >= 15 is 0 Å². The van der Waals surface area contributed by atoms with Crippen molar-refractivity contribution < 1.29 is 23.1 Å². The van der Waals surface area contributed by atoms with Crippen molar-refractivity contribution >= 4 is 39.1 Å². The molecule has 1 aliphatic rings. The second kappa shape index (κ2) is 10.8. The number of benzene rings is 2. The van der Waals surface area contributed by atoms with Crippen LogP contribution >= 0.6 is 23.2 Å². The molecule has 0 saturated carbocycles. The SMILES string of the molecule is O=C(NCC[C@H]1CC[C@H](NS(=O)(=O)c2ccccc2)[C@@H](CO)O1)c1cc(Cl)cc(Cl)c1. The summed E-state index contributed by atoms with van der Waals surface area (Å²) in [5, 5.41) is 13.3. The zero-order chi connectivity index (χ0) is 22.4. The summed E-state index contributed by atoms with van der Waals surface area (Å²) in [6.45, 7) is 0.0397. The Bertz CT molecular complexity index is 984. The number of carbonyl (C=O) groups is 1. The molecule has 3 N–H and O–H groups in total. The molecule has 168 valence electrons. The predicted molar refractivity (Wildman–Crippen MR) is 119 cm³/mol. The molecule has 3 atom stereocenters. The molecule has 0 aromatic heterocycles. The van der Waals surface area contributed by atoms with Crippen LogP contribution < -0.4 is 10.0 Å². The third-order valence-electron chi connectivity index (χ3n) is 5.03. The van der Waals surface area contributed by atoms with Gasteiger partial charge in [-0.1, -0.05) is 41.4 Å². The predicted octanol–water partition coefficient (Wildman–Crippen LogP) is 3.00. The fourth-order valence-electron chi connectivity index (χ4n) is 3.48. The van der Waals surface area contributed by atoms with Crippen LogP contribution in [0.3, 0.4) is 0 Å². The highest BCUT2D eigenvalue weighted by atomic mass is 35.5. The zero-order valence-electron chi connectivity index (χ0n) is 16.6. The lowest BCUT2D eigenvalue weighted by Crippen LogP contribution is -2.51. The maximum atomic E-state index is 12.6. The number of hydrogen-bond acceptors (Lipinski definition) is 5. The molecule has 10 heteroatoms. The van der Waals surface area contributed by atoms with Gasteiger partial charge in [-0.2, -0.15) is 0 Å². The Morgan fingerprint density at radius 1 is 1.10 bits per heavy atom. The molecule has 0 radical (unpaired) electrons. The number of aliphatic hydroxyl groups is 1. The molecule has 0 unspecified atom stereocenters. The van der Waals surface area contributed by atoms with Gasteiger partial charge in [-0.15, -0.1) is 0 Å². The minimum Gasteiger partial charge on any atom is -0.394 e. The van der Waals surface area contributed by atoms with Crippen molar-refractivity contribution in [3.05, 3.63) is 64.1 Å². The molecule has 1 amide bonds. The summed E-state index contributed by atoms with van der Waals surface area (Å²) in [4.78, 5) is 12.4. The summed E-state index contributed by atoms with van der Waals surface area (Å²) in [5.41, 5.74) is 0.366. The summed E-state index contributed by atoms with van der Waals surface area (Å²) in [6, 6.07) is 12.1. The van der Waals surface area contributed by atoms with Gasteiger partial charge in [0.2, 0.25) is 10.0 Å². The molecular formula is C21H24Cl2N2O5S. The van der Waals surface area contributed by atoms with Crippen molar-refractivity contribution in [2.75, 3.05) is 13.2 Å². The number of rotatable bonds is 8. The highest BCUT2D eigenvalue weighted by Gasteiger charge is 2.33. The number of aliphatic hydroxyl groups excluding tert-OH is 1. The minimum absolute atomic E-state index is 0.164. The topological polar surface area (TPSA) is 105 Å². The first-order valence-electron chi connectivity index (χ1n) is 9.86. The van der Waals surface area contributed by atoms with Gasteiger partial charge in [0.25, 0.3) is 5.91 Å². The van der Waals surface area contributed by atoms with E-state index in [1.54, 1.807) is 24.3 Å². The third-order valence-corrected chi connectivity index (χ3v) is 6.97. The Balaban J connectivity index is 1.51. The van der Waals surface area contributed by atoms with Crippen LogP contribution in [0.25, 0.3) is 0 Å². The van der Waals surface area contributed by atoms with Gasteiger partial charge in [0.05, 0.1) is 29.8 Å². The second-order valence-corrected chi connectivity index (χ2v) is 9.89. The summed E-state index contributed by atoms with van der Waals surface area (Å²) in [7, 11) is -3.71. The van der Waals surface area contributed by atoms with E-state index in [1.165, 1.54) is 24.3 Å². The number of sulfonamides is 1. The standard InChI is InChI=1S/C21H24Cl2N2O5S/c22-15-10-14(11-16(23)12-15)21(27)24-9-8-17-6-7-19(20(13-26)30-17)25-31(28,29)18-4-2-1-3-5-18/h1-5,10-12,17,19-20,25-26H,6-9,13H2,(H,24,27)/t17-,19+,20-/m1/s1. The van der Waals surface area contributed by atoms with Gasteiger partial charge >= 0.3 is 0 Å². The highest BCUT2D eigenvalue weighted by molar-refractivity contribution is 7.89. The zero-order valence-corrected chi connectivity index (χ0v) is 19.0. The molecule has 7 nitrogen and oxygen atoms in total. The maximum absolute atomic E-state index is 12.6. The van der Waals surface area contributed by atoms with Crippen LogP contribution in [0, 0.1) is 0 Å². The minimum atomic E-state index is -3.71. The van der Waals surface area contributed by atoms with Gasteiger partial charge in [0, 0.05) is 22.2 Å². The Morgan fingerprint density at radius 3 is 2.42 bits per heavy atom. The van der Waals surface area contributed by atoms with Crippen LogP contribution in [0.5, 0.6) is 0 Å². The quantitative estimate of drug-likeness (QED) is 0.531. The number of ether oxygens (including phenoxy) is 1. The summed E-state index contributed by atoms with van der Waals surface area (Å²) in [5.74, 6) is -0.299. The van der Waals surface area contributed by atoms with Crippen molar-refractivity contribution in [1.82, 2.24) is 10.0 Å². The molecule has 2 aromatic rings. The van der Waals surface area contributed by atoms with Crippen LogP contribution in [0.2, 0.25) is 10.0 Å². The van der Waals surface area contributed by atoms with E-state index < -0.39 is 22.2 Å². The van der Waals surface area contributed by atoms with Crippen LogP contribution in [0.15, 0.2) is 53.4 Å². The van der Waals surface area contributed by atoms with E-state index in [4.69, 9.17) is 27.9 Å². The smallest absolute Gasteiger partial charge is 0.251 e. The molecular weight excluding hydrogens is 463 g/mol. The van der Waals surface area contributed by atoms with Gasteiger partial charge in [0.1, 0.15) is 0 Å². The summed E-state index contributed by atoms with van der Waals surface area (Å²) >= 11 is 11.8. The maximum Gasteiger partial charge on any atom is 0.251 e. The number of carbonyl (C=O) groups excluding carboxylic acids is 1. The van der Waals surface area contributed by atoms with Crippen LogP contribution in [-0.2, 0) is 14.8 Å². The van der Waals surface area contributed by atoms with Crippen LogP contribution in [-0.4, -0.2) is 50.8 Å². The molecule has 2 aromatic carbocycles. The first kappa shape index (κ1) is 24.0. The van der Waals surface area contributed by atoms with E-state index in [2.05, 4.69) is 10.0 Å². The molecule has 0 spiro atoms. The number of nitrogens with one attached hydrogen (secondary N) is 2. The molecule has 1 aliphatic heterocycles. The van der Waals surface area contributed by atoms with E-state index in [9.17, 15) is 18.3 Å². The Labute approximate surface area is 191 Å². The normalized spacial score (nSPS) is 21.6.